The lowest BCUT2D eigenvalue weighted by atomic mass is 10.0. The summed E-state index contributed by atoms with van der Waals surface area (Å²) in [7, 11) is 0.265. The summed E-state index contributed by atoms with van der Waals surface area (Å²) in [6.07, 6.45) is 0.601. The fourth-order valence-electron chi connectivity index (χ4n) is 2.03. The van der Waals surface area contributed by atoms with Crippen molar-refractivity contribution in [3.8, 4) is 5.75 Å². The van der Waals surface area contributed by atoms with Gasteiger partial charge in [0.05, 0.1) is 13.0 Å². The monoisotopic (exact) mass is 266 g/mol. The van der Waals surface area contributed by atoms with E-state index in [9.17, 15) is 9.90 Å². The maximum Gasteiger partial charge on any atom is 0.306 e. The van der Waals surface area contributed by atoms with Gasteiger partial charge in [0, 0.05) is 8.07 Å². The van der Waals surface area contributed by atoms with Crippen LogP contribution in [-0.4, -0.2) is 26.3 Å². The van der Waals surface area contributed by atoms with Gasteiger partial charge in [0.25, 0.3) is 0 Å². The summed E-state index contributed by atoms with van der Waals surface area (Å²) >= 11 is 0. The largest absolute Gasteiger partial charge is 0.497 e. The van der Waals surface area contributed by atoms with Gasteiger partial charge in [0.2, 0.25) is 0 Å². The molecule has 1 atom stereocenters. The van der Waals surface area contributed by atoms with Gasteiger partial charge in [-0.15, -0.1) is 0 Å². The zero-order chi connectivity index (χ0) is 13.8. The second-order valence-electron chi connectivity index (χ2n) is 5.85. The summed E-state index contributed by atoms with van der Waals surface area (Å²) in [5.74, 6) is -0.158. The summed E-state index contributed by atoms with van der Waals surface area (Å²) in [6, 6.07) is 8.46. The molecule has 1 N–H and O–H groups in total. The molecule has 1 aromatic rings. The first-order valence-electron chi connectivity index (χ1n) is 6.17. The number of hydrogen-bond acceptors (Lipinski definition) is 2. The van der Waals surface area contributed by atoms with Crippen LogP contribution in [-0.2, 0) is 11.2 Å². The number of carbonyl (C=O) groups is 1. The van der Waals surface area contributed by atoms with Gasteiger partial charge in [-0.3, -0.25) is 4.79 Å². The molecule has 0 aliphatic carbocycles. The Morgan fingerprint density at radius 1 is 1.28 bits per heavy atom. The molecule has 1 rings (SSSR count). The fraction of sp³-hybridized carbons (Fsp3) is 0.500. The van der Waals surface area contributed by atoms with E-state index in [0.29, 0.717) is 6.42 Å². The molecule has 0 amide bonds. The lowest BCUT2D eigenvalue weighted by molar-refractivity contribution is -0.141. The van der Waals surface area contributed by atoms with Gasteiger partial charge >= 0.3 is 5.97 Å². The topological polar surface area (TPSA) is 46.5 Å². The Balaban J connectivity index is 2.74. The van der Waals surface area contributed by atoms with Crippen molar-refractivity contribution in [1.82, 2.24) is 0 Å². The molecule has 1 unspecified atom stereocenters. The zero-order valence-electron chi connectivity index (χ0n) is 11.6. The molecule has 18 heavy (non-hydrogen) atoms. The summed E-state index contributed by atoms with van der Waals surface area (Å²) in [4.78, 5) is 11.3. The van der Waals surface area contributed by atoms with E-state index in [0.717, 1.165) is 17.4 Å². The van der Waals surface area contributed by atoms with Crippen LogP contribution in [0.25, 0.3) is 0 Å². The minimum atomic E-state index is -1.36. The number of benzene rings is 1. The normalized spacial score (nSPS) is 13.1. The molecule has 3 nitrogen and oxygen atoms in total. The van der Waals surface area contributed by atoms with Crippen molar-refractivity contribution in [2.45, 2.75) is 32.1 Å². The van der Waals surface area contributed by atoms with Crippen LogP contribution >= 0.6 is 0 Å². The Morgan fingerprint density at radius 2 is 1.83 bits per heavy atom. The molecule has 1 aromatic carbocycles. The van der Waals surface area contributed by atoms with E-state index < -0.39 is 14.0 Å². The van der Waals surface area contributed by atoms with E-state index in [1.165, 1.54) is 0 Å². The first-order chi connectivity index (χ1) is 8.31. The molecule has 4 heteroatoms. The highest BCUT2D eigenvalue weighted by molar-refractivity contribution is 6.76. The third-order valence-electron chi connectivity index (χ3n) is 2.85. The molecule has 0 fully saturated rings. The highest BCUT2D eigenvalue weighted by atomic mass is 28.3. The van der Waals surface area contributed by atoms with Crippen molar-refractivity contribution < 1.29 is 14.6 Å². The zero-order valence-corrected chi connectivity index (χ0v) is 12.6. The average Bonchev–Trinajstić information content (AvgIpc) is 2.27. The summed E-state index contributed by atoms with van der Waals surface area (Å²) < 4.78 is 5.09. The summed E-state index contributed by atoms with van der Waals surface area (Å²) in [5, 5.41) is 9.30. The van der Waals surface area contributed by atoms with E-state index in [4.69, 9.17) is 4.74 Å². The van der Waals surface area contributed by atoms with E-state index in [-0.39, 0.29) is 5.92 Å². The maximum absolute atomic E-state index is 11.3. The number of aliphatic carboxylic acids is 1. The number of rotatable bonds is 6. The average molecular weight is 266 g/mol. The van der Waals surface area contributed by atoms with Gasteiger partial charge in [0.1, 0.15) is 5.75 Å². The molecule has 0 saturated carbocycles. The lowest BCUT2D eigenvalue weighted by Gasteiger charge is -2.21. The second kappa shape index (κ2) is 6.04. The highest BCUT2D eigenvalue weighted by Gasteiger charge is 2.25. The predicted octanol–water partition coefficient (Wildman–Crippen LogP) is 3.28. The lowest BCUT2D eigenvalue weighted by Crippen LogP contribution is -2.29. The molecule has 0 aromatic heterocycles. The smallest absolute Gasteiger partial charge is 0.306 e. The fourth-order valence-corrected chi connectivity index (χ4v) is 3.83. The van der Waals surface area contributed by atoms with Crippen LogP contribution in [0.3, 0.4) is 0 Å². The van der Waals surface area contributed by atoms with E-state index in [1.807, 2.05) is 24.3 Å². The third kappa shape index (κ3) is 4.92. The van der Waals surface area contributed by atoms with Crippen LogP contribution in [0, 0.1) is 5.92 Å². The molecular formula is C14H22O3Si. The summed E-state index contributed by atoms with van der Waals surface area (Å²) in [6.45, 7) is 6.62. The van der Waals surface area contributed by atoms with Crippen LogP contribution < -0.4 is 4.74 Å². The number of hydrogen-bond donors (Lipinski definition) is 1. The van der Waals surface area contributed by atoms with Crippen molar-refractivity contribution in [3.63, 3.8) is 0 Å². The number of ether oxygens (including phenoxy) is 1. The van der Waals surface area contributed by atoms with Crippen molar-refractivity contribution in [2.24, 2.45) is 5.92 Å². The van der Waals surface area contributed by atoms with Crippen LogP contribution in [0.1, 0.15) is 5.56 Å². The molecule has 0 heterocycles. The van der Waals surface area contributed by atoms with Crippen LogP contribution in [0.5, 0.6) is 5.75 Å². The molecule has 100 valence electrons. The van der Waals surface area contributed by atoms with Crippen molar-refractivity contribution >= 4 is 14.0 Å². The van der Waals surface area contributed by atoms with Gasteiger partial charge in [0.15, 0.2) is 0 Å². The van der Waals surface area contributed by atoms with E-state index >= 15 is 0 Å². The standard InChI is InChI=1S/C14H22O3Si/c1-17-13-7-5-11(6-8-13)9-12(14(15)16)10-18(2,3)4/h5-8,12H,9-10H2,1-4H3,(H,15,16). The Labute approximate surface area is 110 Å². The van der Waals surface area contributed by atoms with Crippen LogP contribution in [0.4, 0.5) is 0 Å². The summed E-state index contributed by atoms with van der Waals surface area (Å²) in [5.41, 5.74) is 1.06. The van der Waals surface area contributed by atoms with Gasteiger partial charge < -0.3 is 9.84 Å². The molecule has 0 aliphatic rings. The number of methoxy groups -OCH3 is 1. The van der Waals surface area contributed by atoms with Crippen LogP contribution in [0.2, 0.25) is 25.7 Å². The molecule has 0 saturated heterocycles. The number of carboxylic acid groups (broad SMARTS) is 1. The van der Waals surface area contributed by atoms with E-state index in [2.05, 4.69) is 19.6 Å². The first kappa shape index (κ1) is 14.8. The molecule has 0 aliphatic heterocycles. The van der Waals surface area contributed by atoms with Gasteiger partial charge in [-0.25, -0.2) is 0 Å². The van der Waals surface area contributed by atoms with Gasteiger partial charge in [-0.1, -0.05) is 31.8 Å². The Bertz CT molecular complexity index is 392. The quantitative estimate of drug-likeness (QED) is 0.804. The van der Waals surface area contributed by atoms with Crippen molar-refractivity contribution in [2.75, 3.05) is 7.11 Å². The number of carboxylic acids is 1. The minimum absolute atomic E-state index is 0.273. The predicted molar refractivity (Wildman–Crippen MR) is 76.0 cm³/mol. The highest BCUT2D eigenvalue weighted by Crippen LogP contribution is 2.22. The Hall–Kier alpha value is -1.29. The van der Waals surface area contributed by atoms with Crippen molar-refractivity contribution in [1.29, 1.82) is 0 Å². The van der Waals surface area contributed by atoms with Gasteiger partial charge in [-0.2, -0.15) is 0 Å². The van der Waals surface area contributed by atoms with E-state index in [1.54, 1.807) is 7.11 Å². The maximum atomic E-state index is 11.3. The third-order valence-corrected chi connectivity index (χ3v) is 4.57. The second-order valence-corrected chi connectivity index (χ2v) is 11.4. The molecule has 0 spiro atoms. The Morgan fingerprint density at radius 3 is 2.22 bits per heavy atom. The molecule has 0 bridgehead atoms. The van der Waals surface area contributed by atoms with Crippen LogP contribution in [0.15, 0.2) is 24.3 Å². The van der Waals surface area contributed by atoms with Crippen molar-refractivity contribution in [3.05, 3.63) is 29.8 Å². The molecule has 0 radical (unpaired) electrons. The first-order valence-corrected chi connectivity index (χ1v) is 9.88. The van der Waals surface area contributed by atoms with Gasteiger partial charge in [-0.05, 0) is 30.2 Å². The Kier molecular flexibility index (Phi) is 4.96. The molecular weight excluding hydrogens is 244 g/mol. The minimum Gasteiger partial charge on any atom is -0.497 e. The SMILES string of the molecule is COc1ccc(CC(C[Si](C)(C)C)C(=O)O)cc1.